The van der Waals surface area contributed by atoms with Crippen LogP contribution in [0.15, 0.2) is 0 Å². The highest BCUT2D eigenvalue weighted by Crippen LogP contribution is 2.14. The van der Waals surface area contributed by atoms with Crippen molar-refractivity contribution in [3.05, 3.63) is 0 Å². The summed E-state index contributed by atoms with van der Waals surface area (Å²) in [5, 5.41) is 7.54. The molecule has 1 aliphatic rings. The van der Waals surface area contributed by atoms with E-state index in [4.69, 9.17) is 5.41 Å². The highest BCUT2D eigenvalue weighted by Gasteiger charge is 2.21. The van der Waals surface area contributed by atoms with Crippen LogP contribution in [0, 0.1) is 5.41 Å². The van der Waals surface area contributed by atoms with E-state index in [9.17, 15) is 0 Å². The minimum Gasteiger partial charge on any atom is -0.361 e. The fraction of sp³-hybridized carbons (Fsp3) is 0.900. The first-order valence-electron chi connectivity index (χ1n) is 5.15. The molecule has 1 N–H and O–H groups in total. The molecule has 76 valence electrons. The summed E-state index contributed by atoms with van der Waals surface area (Å²) in [5.41, 5.74) is 0. The zero-order valence-electron chi connectivity index (χ0n) is 9.01. The predicted octanol–water partition coefficient (Wildman–Crippen LogP) is 1.40. The lowest BCUT2D eigenvalue weighted by Crippen LogP contribution is -2.44. The fourth-order valence-electron chi connectivity index (χ4n) is 1.90. The summed E-state index contributed by atoms with van der Waals surface area (Å²) in [4.78, 5) is 4.58. The molecule has 0 radical (unpaired) electrons. The van der Waals surface area contributed by atoms with E-state index in [0.717, 1.165) is 0 Å². The van der Waals surface area contributed by atoms with Gasteiger partial charge in [0.2, 0.25) is 0 Å². The summed E-state index contributed by atoms with van der Waals surface area (Å²) in [6.45, 7) is 7.63. The Morgan fingerprint density at radius 2 is 2.00 bits per heavy atom. The van der Waals surface area contributed by atoms with E-state index in [2.05, 4.69) is 16.7 Å². The van der Waals surface area contributed by atoms with Crippen LogP contribution in [0.5, 0.6) is 0 Å². The van der Waals surface area contributed by atoms with Crippen molar-refractivity contribution >= 4 is 5.84 Å². The summed E-state index contributed by atoms with van der Waals surface area (Å²) in [7, 11) is 2.04. The molecule has 1 rings (SSSR count). The van der Waals surface area contributed by atoms with Gasteiger partial charge >= 0.3 is 0 Å². The number of amidine groups is 1. The van der Waals surface area contributed by atoms with E-state index in [0.29, 0.717) is 11.9 Å². The van der Waals surface area contributed by atoms with Gasteiger partial charge in [-0.15, -0.1) is 0 Å². The largest absolute Gasteiger partial charge is 0.361 e. The molecule has 3 heteroatoms. The fourth-order valence-corrected chi connectivity index (χ4v) is 1.90. The lowest BCUT2D eigenvalue weighted by atomic mass is 10.0. The van der Waals surface area contributed by atoms with E-state index in [1.165, 1.54) is 32.5 Å². The summed E-state index contributed by atoms with van der Waals surface area (Å²) in [6, 6.07) is 0.597. The van der Waals surface area contributed by atoms with Gasteiger partial charge in [0.15, 0.2) is 0 Å². The Hall–Kier alpha value is -0.570. The summed E-state index contributed by atoms with van der Waals surface area (Å²) in [6.07, 6.45) is 2.42. The van der Waals surface area contributed by atoms with E-state index in [1.807, 2.05) is 14.0 Å². The maximum absolute atomic E-state index is 7.54. The van der Waals surface area contributed by atoms with Gasteiger partial charge in [0.25, 0.3) is 0 Å². The predicted molar refractivity (Wildman–Crippen MR) is 56.3 cm³/mol. The highest BCUT2D eigenvalue weighted by molar-refractivity contribution is 5.76. The van der Waals surface area contributed by atoms with Crippen LogP contribution >= 0.6 is 0 Å². The van der Waals surface area contributed by atoms with Gasteiger partial charge in [-0.3, -0.25) is 5.41 Å². The summed E-state index contributed by atoms with van der Waals surface area (Å²) in [5.74, 6) is 0.690. The van der Waals surface area contributed by atoms with E-state index in [-0.39, 0.29) is 0 Å². The quantitative estimate of drug-likeness (QED) is 0.518. The molecule has 0 aliphatic carbocycles. The zero-order chi connectivity index (χ0) is 9.84. The van der Waals surface area contributed by atoms with Crippen LogP contribution in [-0.2, 0) is 0 Å². The summed E-state index contributed by atoms with van der Waals surface area (Å²) >= 11 is 0. The molecule has 0 atom stereocenters. The number of piperidine rings is 1. The average molecular weight is 183 g/mol. The maximum Gasteiger partial charge on any atom is 0.0925 e. The molecule has 1 saturated heterocycles. The van der Waals surface area contributed by atoms with Crippen molar-refractivity contribution in [3.63, 3.8) is 0 Å². The van der Waals surface area contributed by atoms with Gasteiger partial charge in [-0.25, -0.2) is 0 Å². The third-order valence-corrected chi connectivity index (χ3v) is 3.08. The van der Waals surface area contributed by atoms with Crippen molar-refractivity contribution in [3.8, 4) is 0 Å². The van der Waals surface area contributed by atoms with Crippen molar-refractivity contribution < 1.29 is 0 Å². The number of likely N-dealkylation sites (tertiary alicyclic amines) is 1. The van der Waals surface area contributed by atoms with E-state index < -0.39 is 0 Å². The average Bonchev–Trinajstić information content (AvgIpc) is 2.17. The number of rotatable bonds is 2. The van der Waals surface area contributed by atoms with Crippen molar-refractivity contribution in [1.29, 1.82) is 5.41 Å². The monoisotopic (exact) mass is 183 g/mol. The van der Waals surface area contributed by atoms with Crippen LogP contribution in [0.1, 0.15) is 26.7 Å². The van der Waals surface area contributed by atoms with Gasteiger partial charge in [-0.05, 0) is 26.3 Å². The molecule has 0 saturated carbocycles. The minimum atomic E-state index is 0.597. The number of hydrogen-bond donors (Lipinski definition) is 1. The molecule has 0 amide bonds. The Balaban J connectivity index is 2.36. The molecule has 13 heavy (non-hydrogen) atoms. The van der Waals surface area contributed by atoms with Crippen LogP contribution in [0.4, 0.5) is 0 Å². The normalized spacial score (nSPS) is 20.2. The maximum atomic E-state index is 7.54. The number of nitrogens with one attached hydrogen (secondary N) is 1. The Kier molecular flexibility index (Phi) is 3.72. The SMILES string of the molecule is CCN1CCC(N(C)C(C)=N)CC1. The molecule has 0 spiro atoms. The van der Waals surface area contributed by atoms with Crippen LogP contribution < -0.4 is 0 Å². The smallest absolute Gasteiger partial charge is 0.0925 e. The van der Waals surface area contributed by atoms with Crippen LogP contribution in [-0.4, -0.2) is 48.4 Å². The van der Waals surface area contributed by atoms with E-state index in [1.54, 1.807) is 0 Å². The van der Waals surface area contributed by atoms with Crippen molar-refractivity contribution in [2.75, 3.05) is 26.7 Å². The first-order valence-corrected chi connectivity index (χ1v) is 5.15. The Labute approximate surface area is 81.2 Å². The van der Waals surface area contributed by atoms with E-state index >= 15 is 0 Å². The molecule has 0 aromatic heterocycles. The Morgan fingerprint density at radius 3 is 2.38 bits per heavy atom. The van der Waals surface area contributed by atoms with Crippen molar-refractivity contribution in [1.82, 2.24) is 9.80 Å². The molecule has 3 nitrogen and oxygen atoms in total. The van der Waals surface area contributed by atoms with Crippen LogP contribution in [0.3, 0.4) is 0 Å². The first-order chi connectivity index (χ1) is 6.15. The molecule has 1 fully saturated rings. The molecule has 0 bridgehead atoms. The number of nitrogens with zero attached hydrogens (tertiary/aromatic N) is 2. The van der Waals surface area contributed by atoms with Gasteiger partial charge < -0.3 is 9.80 Å². The molecule has 1 aliphatic heterocycles. The first kappa shape index (κ1) is 10.5. The van der Waals surface area contributed by atoms with Gasteiger partial charge in [-0.2, -0.15) is 0 Å². The molecular weight excluding hydrogens is 162 g/mol. The van der Waals surface area contributed by atoms with Gasteiger partial charge in [0.1, 0.15) is 0 Å². The Morgan fingerprint density at radius 1 is 1.46 bits per heavy atom. The third kappa shape index (κ3) is 2.69. The van der Waals surface area contributed by atoms with Crippen molar-refractivity contribution in [2.45, 2.75) is 32.7 Å². The molecular formula is C10H21N3. The number of hydrogen-bond acceptors (Lipinski definition) is 2. The van der Waals surface area contributed by atoms with Crippen LogP contribution in [0.2, 0.25) is 0 Å². The molecule has 1 heterocycles. The van der Waals surface area contributed by atoms with Gasteiger partial charge in [0, 0.05) is 26.2 Å². The van der Waals surface area contributed by atoms with Crippen molar-refractivity contribution in [2.24, 2.45) is 0 Å². The lowest BCUT2D eigenvalue weighted by Gasteiger charge is -2.36. The highest BCUT2D eigenvalue weighted by atomic mass is 15.2. The van der Waals surface area contributed by atoms with Gasteiger partial charge in [-0.1, -0.05) is 6.92 Å². The molecule has 0 unspecified atom stereocenters. The second kappa shape index (κ2) is 4.61. The van der Waals surface area contributed by atoms with Crippen LogP contribution in [0.25, 0.3) is 0 Å². The summed E-state index contributed by atoms with van der Waals surface area (Å²) < 4.78 is 0. The zero-order valence-corrected chi connectivity index (χ0v) is 9.01. The molecule has 0 aromatic rings. The second-order valence-corrected chi connectivity index (χ2v) is 3.86. The standard InChI is InChI=1S/C10H21N3/c1-4-13-7-5-10(6-8-13)12(3)9(2)11/h10-11H,4-8H2,1-3H3. The lowest BCUT2D eigenvalue weighted by molar-refractivity contribution is 0.171. The minimum absolute atomic E-state index is 0.597. The third-order valence-electron chi connectivity index (χ3n) is 3.08. The molecule has 0 aromatic carbocycles. The van der Waals surface area contributed by atoms with Gasteiger partial charge in [0.05, 0.1) is 5.84 Å². The topological polar surface area (TPSA) is 30.3 Å². The second-order valence-electron chi connectivity index (χ2n) is 3.86. The Bertz CT molecular complexity index is 171.